The van der Waals surface area contributed by atoms with Gasteiger partial charge in [-0.15, -0.1) is 0 Å². The number of fused-ring (bicyclic) bond motifs is 5. The normalized spacial score (nSPS) is 12.7. The Hall–Kier alpha value is -7.42. The molecule has 0 fully saturated rings. The molecule has 1 aliphatic carbocycles. The summed E-state index contributed by atoms with van der Waals surface area (Å²) >= 11 is 0. The fraction of sp³-hybridized carbons (Fsp3) is 0.0526. The van der Waals surface area contributed by atoms with E-state index in [2.05, 4.69) is 220 Å². The molecule has 278 valence electrons. The predicted molar refractivity (Wildman–Crippen MR) is 247 cm³/mol. The first-order chi connectivity index (χ1) is 29.0. The van der Waals surface area contributed by atoms with Gasteiger partial charge in [-0.3, -0.25) is 0 Å². The first-order valence-corrected chi connectivity index (χ1v) is 20.4. The molecular formula is C57H40N2. The van der Waals surface area contributed by atoms with Crippen molar-refractivity contribution < 1.29 is 0 Å². The third-order valence-corrected chi connectivity index (χ3v) is 12.3. The summed E-state index contributed by atoms with van der Waals surface area (Å²) in [5.41, 5.74) is 17.3. The summed E-state index contributed by atoms with van der Waals surface area (Å²) in [5.74, 6) is 0.701. The Balaban J connectivity index is 1.07. The molecule has 1 aromatic heterocycles. The zero-order chi connectivity index (χ0) is 39.5. The van der Waals surface area contributed by atoms with Crippen LogP contribution in [0.15, 0.2) is 206 Å². The zero-order valence-corrected chi connectivity index (χ0v) is 33.0. The quantitative estimate of drug-likeness (QED) is 0.169. The Morgan fingerprint density at radius 2 is 0.831 bits per heavy atom. The van der Waals surface area contributed by atoms with E-state index >= 15 is 0 Å². The monoisotopic (exact) mass is 752 g/mol. The summed E-state index contributed by atoms with van der Waals surface area (Å²) in [6.07, 6.45) is 0. The Kier molecular flexibility index (Phi) is 8.20. The first-order valence-electron chi connectivity index (χ1n) is 20.4. The number of benzene rings is 9. The van der Waals surface area contributed by atoms with Crippen LogP contribution in [0.2, 0.25) is 0 Å². The van der Waals surface area contributed by atoms with Crippen LogP contribution in [-0.4, -0.2) is 9.97 Å². The van der Waals surface area contributed by atoms with Crippen LogP contribution in [0.1, 0.15) is 25.0 Å². The molecule has 0 amide bonds. The Labute approximate surface area is 345 Å². The molecule has 0 spiro atoms. The van der Waals surface area contributed by atoms with Crippen LogP contribution in [0.3, 0.4) is 0 Å². The summed E-state index contributed by atoms with van der Waals surface area (Å²) < 4.78 is 0. The minimum absolute atomic E-state index is 0.0831. The molecule has 2 nitrogen and oxygen atoms in total. The number of hydrogen-bond donors (Lipinski definition) is 0. The molecule has 0 N–H and O–H groups in total. The van der Waals surface area contributed by atoms with Gasteiger partial charge >= 0.3 is 0 Å². The number of rotatable bonds is 6. The molecule has 0 saturated carbocycles. The third kappa shape index (κ3) is 5.96. The molecule has 2 heteroatoms. The zero-order valence-electron chi connectivity index (χ0n) is 33.0. The van der Waals surface area contributed by atoms with E-state index in [4.69, 9.17) is 9.97 Å². The van der Waals surface area contributed by atoms with Gasteiger partial charge in [-0.05, 0) is 108 Å². The van der Waals surface area contributed by atoms with Crippen LogP contribution >= 0.6 is 0 Å². The van der Waals surface area contributed by atoms with E-state index in [1.807, 2.05) is 0 Å². The number of nitrogens with zero attached hydrogens (tertiary/aromatic N) is 2. The highest BCUT2D eigenvalue weighted by Crippen LogP contribution is 2.51. The van der Waals surface area contributed by atoms with Gasteiger partial charge in [-0.25, -0.2) is 9.97 Å². The molecule has 0 radical (unpaired) electrons. The van der Waals surface area contributed by atoms with E-state index in [0.717, 1.165) is 44.6 Å². The lowest BCUT2D eigenvalue weighted by atomic mass is 9.81. The number of aromatic nitrogens is 2. The smallest absolute Gasteiger partial charge is 0.161 e. The van der Waals surface area contributed by atoms with Gasteiger partial charge in [0.25, 0.3) is 0 Å². The van der Waals surface area contributed by atoms with Crippen molar-refractivity contribution in [2.24, 2.45) is 0 Å². The van der Waals surface area contributed by atoms with E-state index in [1.165, 1.54) is 60.7 Å². The topological polar surface area (TPSA) is 25.8 Å². The fourth-order valence-electron chi connectivity index (χ4n) is 9.24. The van der Waals surface area contributed by atoms with E-state index in [0.29, 0.717) is 5.82 Å². The van der Waals surface area contributed by atoms with Crippen molar-refractivity contribution in [1.82, 2.24) is 9.97 Å². The van der Waals surface area contributed by atoms with Crippen molar-refractivity contribution in [2.45, 2.75) is 19.3 Å². The molecule has 1 aliphatic rings. The summed E-state index contributed by atoms with van der Waals surface area (Å²) in [7, 11) is 0. The summed E-state index contributed by atoms with van der Waals surface area (Å²) in [6, 6.07) is 74.3. The van der Waals surface area contributed by atoms with Crippen molar-refractivity contribution >= 4 is 21.5 Å². The molecule has 11 rings (SSSR count). The average molecular weight is 753 g/mol. The minimum atomic E-state index is -0.0831. The third-order valence-electron chi connectivity index (χ3n) is 12.3. The minimum Gasteiger partial charge on any atom is -0.228 e. The Morgan fingerprint density at radius 3 is 1.58 bits per heavy atom. The molecule has 0 saturated heterocycles. The van der Waals surface area contributed by atoms with Gasteiger partial charge in [0.1, 0.15) is 0 Å². The van der Waals surface area contributed by atoms with Gasteiger partial charge in [0, 0.05) is 22.1 Å². The molecule has 0 bridgehead atoms. The van der Waals surface area contributed by atoms with Gasteiger partial charge < -0.3 is 0 Å². The van der Waals surface area contributed by atoms with Gasteiger partial charge in [-0.1, -0.05) is 190 Å². The maximum absolute atomic E-state index is 5.41. The molecule has 59 heavy (non-hydrogen) atoms. The molecule has 0 atom stereocenters. The fourth-order valence-corrected chi connectivity index (χ4v) is 9.24. The van der Waals surface area contributed by atoms with Crippen molar-refractivity contribution in [2.75, 3.05) is 0 Å². The Morgan fingerprint density at radius 1 is 0.305 bits per heavy atom. The van der Waals surface area contributed by atoms with Crippen molar-refractivity contribution in [3.8, 4) is 78.4 Å². The summed E-state index contributed by atoms with van der Waals surface area (Å²) in [4.78, 5) is 10.8. The van der Waals surface area contributed by atoms with Crippen LogP contribution in [0.25, 0.3) is 100.0 Å². The van der Waals surface area contributed by atoms with Crippen molar-refractivity contribution in [1.29, 1.82) is 0 Å². The van der Waals surface area contributed by atoms with Crippen LogP contribution < -0.4 is 0 Å². The highest BCUT2D eigenvalue weighted by molar-refractivity contribution is 6.05. The second-order valence-corrected chi connectivity index (χ2v) is 16.2. The van der Waals surface area contributed by atoms with E-state index in [-0.39, 0.29) is 5.41 Å². The average Bonchev–Trinajstić information content (AvgIpc) is 3.52. The molecule has 0 unspecified atom stereocenters. The van der Waals surface area contributed by atoms with E-state index in [9.17, 15) is 0 Å². The van der Waals surface area contributed by atoms with Crippen LogP contribution in [-0.2, 0) is 5.41 Å². The Bertz CT molecular complexity index is 3220. The lowest BCUT2D eigenvalue weighted by Gasteiger charge is -2.22. The lowest BCUT2D eigenvalue weighted by Crippen LogP contribution is -2.14. The SMILES string of the molecule is CC1(C)c2ccc(-c3ccc(-c4nc(-c5ccc(-c6ccccc6)cc5)cc(-c5ccccc5-c5ccccc5)n4)c4ccccc34)cc2-c2cc3ccccc3cc21. The van der Waals surface area contributed by atoms with Gasteiger partial charge in [0.05, 0.1) is 11.4 Å². The maximum Gasteiger partial charge on any atom is 0.161 e. The second kappa shape index (κ2) is 13.9. The largest absolute Gasteiger partial charge is 0.228 e. The molecule has 1 heterocycles. The standard InChI is InChI=1S/C57H40N2/c1-57(2)52-32-29-43(34-50(52)51-33-41-19-9-10-20-42(41)35-53(51)57)45-30-31-49(47-23-13-12-22-46(45)47)56-58-54(40-27-25-38(26-28-40)37-15-5-3-6-16-37)36-55(59-56)48-24-14-11-21-44(48)39-17-7-4-8-18-39/h3-36H,1-2H3. The van der Waals surface area contributed by atoms with Gasteiger partial charge in [-0.2, -0.15) is 0 Å². The highest BCUT2D eigenvalue weighted by Gasteiger charge is 2.36. The van der Waals surface area contributed by atoms with Crippen LogP contribution in [0.5, 0.6) is 0 Å². The summed E-state index contributed by atoms with van der Waals surface area (Å²) in [6.45, 7) is 4.71. The number of hydrogen-bond acceptors (Lipinski definition) is 2. The van der Waals surface area contributed by atoms with Crippen LogP contribution in [0, 0.1) is 0 Å². The maximum atomic E-state index is 5.41. The molecular weight excluding hydrogens is 713 g/mol. The van der Waals surface area contributed by atoms with Gasteiger partial charge in [0.15, 0.2) is 5.82 Å². The highest BCUT2D eigenvalue weighted by atomic mass is 14.9. The van der Waals surface area contributed by atoms with E-state index in [1.54, 1.807) is 0 Å². The van der Waals surface area contributed by atoms with Crippen molar-refractivity contribution in [3.63, 3.8) is 0 Å². The molecule has 0 aliphatic heterocycles. The first kappa shape index (κ1) is 34.8. The van der Waals surface area contributed by atoms with E-state index < -0.39 is 0 Å². The second-order valence-electron chi connectivity index (χ2n) is 16.2. The summed E-state index contributed by atoms with van der Waals surface area (Å²) in [5, 5.41) is 4.86. The predicted octanol–water partition coefficient (Wildman–Crippen LogP) is 15.1. The van der Waals surface area contributed by atoms with Crippen LogP contribution in [0.4, 0.5) is 0 Å². The van der Waals surface area contributed by atoms with Crippen molar-refractivity contribution in [3.05, 3.63) is 217 Å². The lowest BCUT2D eigenvalue weighted by molar-refractivity contribution is 0.661. The molecule has 9 aromatic carbocycles. The van der Waals surface area contributed by atoms with Gasteiger partial charge in [0.2, 0.25) is 0 Å². The molecule has 10 aromatic rings.